The molecule has 0 heterocycles. The highest BCUT2D eigenvalue weighted by Crippen LogP contribution is 2.33. The van der Waals surface area contributed by atoms with E-state index in [0.717, 1.165) is 18.2 Å². The zero-order valence-corrected chi connectivity index (χ0v) is 15.0. The van der Waals surface area contributed by atoms with Crippen LogP contribution in [0.4, 0.5) is 18.9 Å². The second-order valence-corrected chi connectivity index (χ2v) is 6.03. The lowest BCUT2D eigenvalue weighted by Crippen LogP contribution is -2.21. The Bertz CT molecular complexity index is 884. The largest absolute Gasteiger partial charge is 0.508 e. The number of hydrogen-bond acceptors (Lipinski definition) is 4. The van der Waals surface area contributed by atoms with Gasteiger partial charge in [-0.05, 0) is 48.0 Å². The van der Waals surface area contributed by atoms with Crippen LogP contribution in [0.15, 0.2) is 47.6 Å². The molecule has 2 rings (SSSR count). The molecular weight excluding hydrogens is 399 g/mol. The molecule has 0 atom stereocenters. The smallest absolute Gasteiger partial charge is 0.416 e. The maximum atomic E-state index is 12.7. The molecule has 0 aliphatic rings. The Kier molecular flexibility index (Phi) is 7.00. The fourth-order valence-corrected chi connectivity index (χ4v) is 2.20. The zero-order valence-electron chi connectivity index (χ0n) is 14.3. The van der Waals surface area contributed by atoms with E-state index in [2.05, 4.69) is 15.8 Å². The predicted molar refractivity (Wildman–Crippen MR) is 98.2 cm³/mol. The quantitative estimate of drug-likeness (QED) is 0.495. The Morgan fingerprint density at radius 3 is 2.36 bits per heavy atom. The minimum absolute atomic E-state index is 0.0516. The minimum atomic E-state index is -4.57. The number of nitrogens with zero attached hydrogens (tertiary/aromatic N) is 1. The van der Waals surface area contributed by atoms with E-state index in [1.165, 1.54) is 18.3 Å². The molecule has 148 valence electrons. The highest BCUT2D eigenvalue weighted by molar-refractivity contribution is 6.33. The molecule has 0 aliphatic carbocycles. The van der Waals surface area contributed by atoms with E-state index in [4.69, 9.17) is 16.7 Å². The lowest BCUT2D eigenvalue weighted by Gasteiger charge is -2.11. The van der Waals surface area contributed by atoms with Crippen molar-refractivity contribution in [1.82, 2.24) is 5.43 Å². The van der Waals surface area contributed by atoms with Crippen molar-refractivity contribution in [3.05, 3.63) is 58.6 Å². The van der Waals surface area contributed by atoms with Gasteiger partial charge in [-0.25, -0.2) is 5.43 Å². The Balaban J connectivity index is 1.83. The van der Waals surface area contributed by atoms with Crippen molar-refractivity contribution in [3.63, 3.8) is 0 Å². The van der Waals surface area contributed by atoms with Crippen molar-refractivity contribution in [2.45, 2.75) is 19.0 Å². The summed E-state index contributed by atoms with van der Waals surface area (Å²) in [6, 6.07) is 8.62. The average molecular weight is 414 g/mol. The summed E-state index contributed by atoms with van der Waals surface area (Å²) in [5, 5.41) is 15.1. The number of hydrogen-bond donors (Lipinski definition) is 3. The third-order valence-corrected chi connectivity index (χ3v) is 3.77. The van der Waals surface area contributed by atoms with Crippen molar-refractivity contribution >= 4 is 35.3 Å². The summed E-state index contributed by atoms with van der Waals surface area (Å²) < 4.78 is 38.2. The van der Waals surface area contributed by atoms with Crippen LogP contribution in [0.25, 0.3) is 0 Å². The first-order chi connectivity index (χ1) is 13.1. The Hall–Kier alpha value is -3.07. The summed E-state index contributed by atoms with van der Waals surface area (Å²) in [6.07, 6.45) is -3.72. The number of phenols is 1. The molecule has 6 nitrogen and oxygen atoms in total. The number of aromatic hydroxyl groups is 1. The molecule has 28 heavy (non-hydrogen) atoms. The van der Waals surface area contributed by atoms with Crippen LogP contribution in [0.2, 0.25) is 5.02 Å². The van der Waals surface area contributed by atoms with Gasteiger partial charge in [0.25, 0.3) is 0 Å². The average Bonchev–Trinajstić information content (AvgIpc) is 2.62. The molecule has 2 amide bonds. The van der Waals surface area contributed by atoms with E-state index in [1.54, 1.807) is 12.1 Å². The van der Waals surface area contributed by atoms with Crippen LogP contribution in [0, 0.1) is 0 Å². The van der Waals surface area contributed by atoms with E-state index in [9.17, 15) is 22.8 Å². The number of carbonyl (C=O) groups excluding carboxylic acids is 2. The van der Waals surface area contributed by atoms with Gasteiger partial charge in [0.1, 0.15) is 5.75 Å². The van der Waals surface area contributed by atoms with Crippen LogP contribution < -0.4 is 10.7 Å². The van der Waals surface area contributed by atoms with E-state index in [-0.39, 0.29) is 29.3 Å². The number of rotatable bonds is 6. The number of nitrogens with one attached hydrogen (secondary N) is 2. The summed E-state index contributed by atoms with van der Waals surface area (Å²) in [6.45, 7) is 0. The second kappa shape index (κ2) is 9.23. The molecule has 10 heteroatoms. The number of alkyl halides is 3. The molecule has 0 radical (unpaired) electrons. The summed E-state index contributed by atoms with van der Waals surface area (Å²) in [4.78, 5) is 23.5. The Morgan fingerprint density at radius 1 is 1.07 bits per heavy atom. The minimum Gasteiger partial charge on any atom is -0.508 e. The number of anilines is 1. The standard InChI is InChI=1S/C18H15ClF3N3O3/c19-14-6-3-12(18(20,21)22)9-15(14)24-16(27)7-8-17(28)25-23-10-11-1-4-13(26)5-2-11/h1-6,9-10,26H,7-8H2,(H,24,27)(H,25,28)/b23-10-. The van der Waals surface area contributed by atoms with Crippen molar-refractivity contribution in [2.75, 3.05) is 5.32 Å². The van der Waals surface area contributed by atoms with Crippen molar-refractivity contribution in [2.24, 2.45) is 5.10 Å². The van der Waals surface area contributed by atoms with E-state index in [1.807, 2.05) is 0 Å². The maximum Gasteiger partial charge on any atom is 0.416 e. The highest BCUT2D eigenvalue weighted by atomic mass is 35.5. The fraction of sp³-hybridized carbons (Fsp3) is 0.167. The van der Waals surface area contributed by atoms with Crippen LogP contribution >= 0.6 is 11.6 Å². The van der Waals surface area contributed by atoms with E-state index < -0.39 is 23.6 Å². The van der Waals surface area contributed by atoms with Crippen molar-refractivity contribution in [3.8, 4) is 5.75 Å². The molecule has 3 N–H and O–H groups in total. The predicted octanol–water partition coefficient (Wildman–Crippen LogP) is 3.93. The van der Waals surface area contributed by atoms with Gasteiger partial charge >= 0.3 is 6.18 Å². The van der Waals surface area contributed by atoms with Crippen molar-refractivity contribution < 1.29 is 27.9 Å². The SMILES string of the molecule is O=C(CCC(=O)Nc1cc(C(F)(F)F)ccc1Cl)N/N=C\c1ccc(O)cc1. The molecule has 2 aromatic carbocycles. The number of amides is 2. The van der Waals surface area contributed by atoms with E-state index in [0.29, 0.717) is 5.56 Å². The number of carbonyl (C=O) groups is 2. The molecule has 2 aromatic rings. The molecular formula is C18H15ClF3N3O3. The van der Waals surface area contributed by atoms with Crippen LogP contribution in [0.5, 0.6) is 5.75 Å². The third kappa shape index (κ3) is 6.58. The van der Waals surface area contributed by atoms with Gasteiger partial charge in [-0.2, -0.15) is 18.3 Å². The summed E-state index contributed by atoms with van der Waals surface area (Å²) in [7, 11) is 0. The number of benzene rings is 2. The molecule has 0 unspecified atom stereocenters. The first-order valence-electron chi connectivity index (χ1n) is 7.92. The van der Waals surface area contributed by atoms with Crippen LogP contribution in [-0.2, 0) is 15.8 Å². The van der Waals surface area contributed by atoms with E-state index >= 15 is 0 Å². The number of halogens is 4. The highest BCUT2D eigenvalue weighted by Gasteiger charge is 2.31. The van der Waals surface area contributed by atoms with Gasteiger partial charge in [-0.1, -0.05) is 11.6 Å². The van der Waals surface area contributed by atoms with Crippen molar-refractivity contribution in [1.29, 1.82) is 0 Å². The number of hydrazone groups is 1. The van der Waals surface area contributed by atoms with Gasteiger partial charge in [-0.3, -0.25) is 9.59 Å². The lowest BCUT2D eigenvalue weighted by molar-refractivity contribution is -0.137. The monoisotopic (exact) mass is 413 g/mol. The first kappa shape index (κ1) is 21.2. The summed E-state index contributed by atoms with van der Waals surface area (Å²) in [5.74, 6) is -1.13. The summed E-state index contributed by atoms with van der Waals surface area (Å²) >= 11 is 5.79. The summed E-state index contributed by atoms with van der Waals surface area (Å²) in [5.41, 5.74) is 1.71. The van der Waals surface area contributed by atoms with Crippen LogP contribution in [0.1, 0.15) is 24.0 Å². The molecule has 0 saturated carbocycles. The molecule has 0 spiro atoms. The molecule has 0 aromatic heterocycles. The first-order valence-corrected chi connectivity index (χ1v) is 8.30. The van der Waals surface area contributed by atoms with Gasteiger partial charge in [0.15, 0.2) is 0 Å². The maximum absolute atomic E-state index is 12.7. The van der Waals surface area contributed by atoms with Gasteiger partial charge in [0.05, 0.1) is 22.5 Å². The van der Waals surface area contributed by atoms with Crippen LogP contribution in [0.3, 0.4) is 0 Å². The number of phenolic OH excluding ortho intramolecular Hbond substituents is 1. The fourth-order valence-electron chi connectivity index (χ4n) is 2.03. The van der Waals surface area contributed by atoms with Crippen LogP contribution in [-0.4, -0.2) is 23.1 Å². The Morgan fingerprint density at radius 2 is 1.71 bits per heavy atom. The third-order valence-electron chi connectivity index (χ3n) is 3.44. The zero-order chi connectivity index (χ0) is 20.7. The topological polar surface area (TPSA) is 90.8 Å². The molecule has 0 aliphatic heterocycles. The molecule has 0 saturated heterocycles. The molecule has 0 fully saturated rings. The van der Waals surface area contributed by atoms with Gasteiger partial charge < -0.3 is 10.4 Å². The Labute approximate surface area is 163 Å². The van der Waals surface area contributed by atoms with Gasteiger partial charge in [0.2, 0.25) is 11.8 Å². The molecule has 0 bridgehead atoms. The lowest BCUT2D eigenvalue weighted by atomic mass is 10.2. The van der Waals surface area contributed by atoms with Gasteiger partial charge in [-0.15, -0.1) is 0 Å². The van der Waals surface area contributed by atoms with Gasteiger partial charge in [0, 0.05) is 12.8 Å². The second-order valence-electron chi connectivity index (χ2n) is 5.63. The normalized spacial score (nSPS) is 11.4.